The van der Waals surface area contributed by atoms with Crippen LogP contribution in [0.2, 0.25) is 0 Å². The van der Waals surface area contributed by atoms with E-state index < -0.39 is 0 Å². The molecule has 84 valence electrons. The Morgan fingerprint density at radius 2 is 1.86 bits per heavy atom. The molecule has 0 atom stereocenters. The molecule has 1 nitrogen and oxygen atoms in total. The summed E-state index contributed by atoms with van der Waals surface area (Å²) in [4.78, 5) is 0. The van der Waals surface area contributed by atoms with Gasteiger partial charge in [-0.2, -0.15) is 0 Å². The van der Waals surface area contributed by atoms with Gasteiger partial charge in [0.1, 0.15) is 0 Å². The maximum absolute atomic E-state index is 5.62. The molecule has 0 amide bonds. The fraction of sp³-hybridized carbons (Fsp3) is 0.833. The van der Waals surface area contributed by atoms with Crippen molar-refractivity contribution in [2.75, 3.05) is 13.1 Å². The highest BCUT2D eigenvalue weighted by molar-refractivity contribution is 6.29. The summed E-state index contributed by atoms with van der Waals surface area (Å²) in [5, 5.41) is 3.95. The summed E-state index contributed by atoms with van der Waals surface area (Å²) >= 11 is 5.62. The third-order valence-corrected chi connectivity index (χ3v) is 2.34. The molecule has 0 aliphatic rings. The SMILES string of the molecule is C=C(Cl)CNCCCCCCC(C)C. The Morgan fingerprint density at radius 1 is 1.21 bits per heavy atom. The van der Waals surface area contributed by atoms with Crippen LogP contribution in [-0.2, 0) is 0 Å². The number of hydrogen-bond acceptors (Lipinski definition) is 1. The third kappa shape index (κ3) is 12.0. The Labute approximate surface area is 93.9 Å². The molecule has 0 aliphatic carbocycles. The van der Waals surface area contributed by atoms with Crippen LogP contribution in [-0.4, -0.2) is 13.1 Å². The average molecular weight is 218 g/mol. The molecule has 0 aromatic rings. The fourth-order valence-corrected chi connectivity index (χ4v) is 1.47. The molecule has 0 heterocycles. The van der Waals surface area contributed by atoms with Crippen molar-refractivity contribution in [3.05, 3.63) is 11.6 Å². The van der Waals surface area contributed by atoms with Crippen LogP contribution in [0.15, 0.2) is 11.6 Å². The van der Waals surface area contributed by atoms with E-state index in [4.69, 9.17) is 11.6 Å². The van der Waals surface area contributed by atoms with E-state index in [1.54, 1.807) is 0 Å². The molecule has 0 aromatic carbocycles. The first-order valence-corrected chi connectivity index (χ1v) is 6.04. The Hall–Kier alpha value is -0.0100. The van der Waals surface area contributed by atoms with E-state index in [0.717, 1.165) is 19.0 Å². The lowest BCUT2D eigenvalue weighted by Crippen LogP contribution is -2.16. The van der Waals surface area contributed by atoms with Crippen LogP contribution in [0.25, 0.3) is 0 Å². The maximum atomic E-state index is 5.62. The maximum Gasteiger partial charge on any atom is 0.0307 e. The van der Waals surface area contributed by atoms with Crippen molar-refractivity contribution < 1.29 is 0 Å². The van der Waals surface area contributed by atoms with Gasteiger partial charge in [-0.15, -0.1) is 0 Å². The van der Waals surface area contributed by atoms with E-state index >= 15 is 0 Å². The number of hydrogen-bond donors (Lipinski definition) is 1. The van der Waals surface area contributed by atoms with Crippen molar-refractivity contribution in [3.8, 4) is 0 Å². The highest BCUT2D eigenvalue weighted by Gasteiger charge is 1.94. The molecular formula is C12H24ClN. The van der Waals surface area contributed by atoms with Gasteiger partial charge in [0, 0.05) is 11.6 Å². The van der Waals surface area contributed by atoms with Crippen molar-refractivity contribution >= 4 is 11.6 Å². The fourth-order valence-electron chi connectivity index (χ4n) is 1.38. The first-order valence-electron chi connectivity index (χ1n) is 5.67. The van der Waals surface area contributed by atoms with E-state index in [0.29, 0.717) is 5.03 Å². The predicted octanol–water partition coefficient (Wildman–Crippen LogP) is 3.94. The summed E-state index contributed by atoms with van der Waals surface area (Å²) < 4.78 is 0. The molecule has 0 rings (SSSR count). The zero-order valence-corrected chi connectivity index (χ0v) is 10.4. The lowest BCUT2D eigenvalue weighted by atomic mass is 10.0. The Bertz CT molecular complexity index is 143. The first kappa shape index (κ1) is 14.0. The number of unbranched alkanes of at least 4 members (excludes halogenated alkanes) is 3. The second-order valence-corrected chi connectivity index (χ2v) is 4.83. The van der Waals surface area contributed by atoms with Gasteiger partial charge in [-0.1, -0.05) is 57.7 Å². The van der Waals surface area contributed by atoms with E-state index in [-0.39, 0.29) is 0 Å². The molecule has 0 unspecified atom stereocenters. The second-order valence-electron chi connectivity index (χ2n) is 4.29. The molecule has 0 aliphatic heterocycles. The summed E-state index contributed by atoms with van der Waals surface area (Å²) in [6.07, 6.45) is 6.68. The molecule has 0 saturated carbocycles. The van der Waals surface area contributed by atoms with Gasteiger partial charge >= 0.3 is 0 Å². The zero-order valence-electron chi connectivity index (χ0n) is 9.61. The lowest BCUT2D eigenvalue weighted by molar-refractivity contribution is 0.515. The molecule has 0 saturated heterocycles. The number of rotatable bonds is 9. The predicted molar refractivity (Wildman–Crippen MR) is 65.8 cm³/mol. The molecule has 0 fully saturated rings. The minimum absolute atomic E-state index is 0.699. The summed E-state index contributed by atoms with van der Waals surface area (Å²) in [7, 11) is 0. The van der Waals surface area contributed by atoms with Crippen LogP contribution in [0.4, 0.5) is 0 Å². The summed E-state index contributed by atoms with van der Waals surface area (Å²) in [5.41, 5.74) is 0. The molecule has 0 bridgehead atoms. The van der Waals surface area contributed by atoms with E-state index in [1.807, 2.05) is 0 Å². The Balaban J connectivity index is 2.96. The normalized spacial score (nSPS) is 10.9. The van der Waals surface area contributed by atoms with Gasteiger partial charge in [-0.3, -0.25) is 0 Å². The van der Waals surface area contributed by atoms with Crippen molar-refractivity contribution in [2.24, 2.45) is 5.92 Å². The standard InChI is InChI=1S/C12H24ClN/c1-11(2)8-6-4-5-7-9-14-10-12(3)13/h11,14H,3-10H2,1-2H3. The van der Waals surface area contributed by atoms with Crippen LogP contribution in [0.3, 0.4) is 0 Å². The third-order valence-electron chi connectivity index (χ3n) is 2.20. The van der Waals surface area contributed by atoms with Crippen molar-refractivity contribution in [1.82, 2.24) is 5.32 Å². The summed E-state index contributed by atoms with van der Waals surface area (Å²) in [6, 6.07) is 0. The first-order chi connectivity index (χ1) is 6.63. The molecular weight excluding hydrogens is 194 g/mol. The Kier molecular flexibility index (Phi) is 9.53. The minimum Gasteiger partial charge on any atom is -0.312 e. The van der Waals surface area contributed by atoms with Crippen LogP contribution in [0.5, 0.6) is 0 Å². The van der Waals surface area contributed by atoms with Gasteiger partial charge in [0.05, 0.1) is 0 Å². The summed E-state index contributed by atoms with van der Waals surface area (Å²) in [6.45, 7) is 10.0. The van der Waals surface area contributed by atoms with Gasteiger partial charge in [0.15, 0.2) is 0 Å². The van der Waals surface area contributed by atoms with Crippen LogP contribution < -0.4 is 5.32 Å². The van der Waals surface area contributed by atoms with Gasteiger partial charge in [0.2, 0.25) is 0 Å². The molecule has 14 heavy (non-hydrogen) atoms. The quantitative estimate of drug-likeness (QED) is 0.577. The molecule has 0 radical (unpaired) electrons. The zero-order chi connectivity index (χ0) is 10.8. The van der Waals surface area contributed by atoms with Gasteiger partial charge in [0.25, 0.3) is 0 Å². The average Bonchev–Trinajstić information content (AvgIpc) is 2.08. The van der Waals surface area contributed by atoms with Crippen LogP contribution >= 0.6 is 11.6 Å². The van der Waals surface area contributed by atoms with Crippen LogP contribution in [0, 0.1) is 5.92 Å². The number of halogens is 1. The van der Waals surface area contributed by atoms with Crippen molar-refractivity contribution in [2.45, 2.75) is 46.0 Å². The number of nitrogens with one attached hydrogen (secondary N) is 1. The molecule has 2 heteroatoms. The molecule has 0 aromatic heterocycles. The van der Waals surface area contributed by atoms with Gasteiger partial charge in [-0.25, -0.2) is 0 Å². The van der Waals surface area contributed by atoms with Gasteiger partial charge < -0.3 is 5.32 Å². The van der Waals surface area contributed by atoms with E-state index in [1.165, 1.54) is 32.1 Å². The second kappa shape index (κ2) is 9.54. The van der Waals surface area contributed by atoms with Gasteiger partial charge in [-0.05, 0) is 18.9 Å². The Morgan fingerprint density at radius 3 is 2.43 bits per heavy atom. The topological polar surface area (TPSA) is 12.0 Å². The minimum atomic E-state index is 0.699. The monoisotopic (exact) mass is 217 g/mol. The highest BCUT2D eigenvalue weighted by Crippen LogP contribution is 2.08. The largest absolute Gasteiger partial charge is 0.312 e. The molecule has 1 N–H and O–H groups in total. The van der Waals surface area contributed by atoms with E-state index in [2.05, 4.69) is 25.7 Å². The van der Waals surface area contributed by atoms with E-state index in [9.17, 15) is 0 Å². The van der Waals surface area contributed by atoms with Crippen LogP contribution in [0.1, 0.15) is 46.0 Å². The van der Waals surface area contributed by atoms with Crippen molar-refractivity contribution in [3.63, 3.8) is 0 Å². The smallest absolute Gasteiger partial charge is 0.0307 e. The molecule has 0 spiro atoms. The van der Waals surface area contributed by atoms with Crippen molar-refractivity contribution in [1.29, 1.82) is 0 Å². The summed E-state index contributed by atoms with van der Waals surface area (Å²) in [5.74, 6) is 0.854. The lowest BCUT2D eigenvalue weighted by Gasteiger charge is -2.05. The highest BCUT2D eigenvalue weighted by atomic mass is 35.5.